The monoisotopic (exact) mass is 451 g/mol. The van der Waals surface area contributed by atoms with Gasteiger partial charge in [-0.25, -0.2) is 0 Å². The van der Waals surface area contributed by atoms with Gasteiger partial charge < -0.3 is 9.80 Å². The van der Waals surface area contributed by atoms with Crippen LogP contribution in [0.25, 0.3) is 11.1 Å². The summed E-state index contributed by atoms with van der Waals surface area (Å²) in [6.45, 7) is 5.33. The fourth-order valence-corrected chi connectivity index (χ4v) is 4.81. The number of carbonyl (C=O) groups excluding carboxylic acids is 1. The van der Waals surface area contributed by atoms with Gasteiger partial charge in [0.2, 0.25) is 0 Å². The fraction of sp³-hybridized carbons (Fsp3) is 0.478. The summed E-state index contributed by atoms with van der Waals surface area (Å²) < 4.78 is 39.2. The van der Waals surface area contributed by atoms with Gasteiger partial charge in [-0.3, -0.25) is 9.78 Å². The third-order valence-electron chi connectivity index (χ3n) is 6.36. The van der Waals surface area contributed by atoms with Crippen LogP contribution in [-0.4, -0.2) is 52.9 Å². The van der Waals surface area contributed by atoms with E-state index < -0.39 is 11.7 Å². The van der Waals surface area contributed by atoms with Gasteiger partial charge in [-0.2, -0.15) is 13.2 Å². The Labute approximate surface area is 185 Å². The highest BCUT2D eigenvalue weighted by atomic mass is 35.5. The molecule has 1 aromatic carbocycles. The zero-order valence-electron chi connectivity index (χ0n) is 17.4. The van der Waals surface area contributed by atoms with E-state index in [1.165, 1.54) is 25.1 Å². The maximum absolute atomic E-state index is 13.1. The number of hydrogen-bond acceptors (Lipinski definition) is 3. The van der Waals surface area contributed by atoms with E-state index in [0.29, 0.717) is 35.8 Å². The summed E-state index contributed by atoms with van der Waals surface area (Å²) in [6, 6.07) is 5.50. The van der Waals surface area contributed by atoms with Crippen molar-refractivity contribution in [2.75, 3.05) is 26.2 Å². The highest BCUT2D eigenvalue weighted by Gasteiger charge is 2.32. The van der Waals surface area contributed by atoms with Crippen LogP contribution in [0, 0.1) is 6.92 Å². The summed E-state index contributed by atoms with van der Waals surface area (Å²) in [5, 5.41) is 0.254. The fourth-order valence-electron chi connectivity index (χ4n) is 4.56. The molecule has 0 N–H and O–H groups in total. The molecule has 4 rings (SSSR count). The Morgan fingerprint density at radius 2 is 1.81 bits per heavy atom. The summed E-state index contributed by atoms with van der Waals surface area (Å²) in [6.07, 6.45) is 1.34. The molecule has 0 saturated carbocycles. The smallest absolute Gasteiger partial charge is 0.337 e. The highest BCUT2D eigenvalue weighted by Crippen LogP contribution is 2.36. The summed E-state index contributed by atoms with van der Waals surface area (Å²) in [7, 11) is 0. The Hall–Kier alpha value is -2.12. The first kappa shape index (κ1) is 22.1. The summed E-state index contributed by atoms with van der Waals surface area (Å²) >= 11 is 6.49. The maximum atomic E-state index is 13.1. The minimum absolute atomic E-state index is 0.171. The molecule has 0 radical (unpaired) electrons. The van der Waals surface area contributed by atoms with Crippen molar-refractivity contribution in [1.29, 1.82) is 0 Å². The molecule has 2 aliphatic rings. The predicted molar refractivity (Wildman–Crippen MR) is 114 cm³/mol. The van der Waals surface area contributed by atoms with Crippen LogP contribution in [0.2, 0.25) is 5.02 Å². The van der Waals surface area contributed by atoms with E-state index in [1.54, 1.807) is 13.0 Å². The van der Waals surface area contributed by atoms with Crippen LogP contribution in [0.5, 0.6) is 0 Å². The van der Waals surface area contributed by atoms with Crippen LogP contribution >= 0.6 is 11.6 Å². The molecule has 2 fully saturated rings. The van der Waals surface area contributed by atoms with Gasteiger partial charge in [0, 0.05) is 30.9 Å². The summed E-state index contributed by atoms with van der Waals surface area (Å²) in [5.41, 5.74) is 0.707. The molecular formula is C23H25ClF3N3O. The molecule has 1 amide bonds. The molecule has 0 bridgehead atoms. The number of likely N-dealkylation sites (tertiary alicyclic amines) is 2. The number of nitrogens with zero attached hydrogens (tertiary/aromatic N) is 3. The molecule has 0 atom stereocenters. The number of piperidine rings is 1. The Balaban J connectivity index is 1.52. The van der Waals surface area contributed by atoms with Crippen LogP contribution in [0.1, 0.15) is 47.3 Å². The lowest BCUT2D eigenvalue weighted by Gasteiger charge is -2.36. The third-order valence-corrected chi connectivity index (χ3v) is 6.84. The summed E-state index contributed by atoms with van der Waals surface area (Å²) in [5.74, 6) is -0.171. The maximum Gasteiger partial charge on any atom is 0.416 e. The zero-order valence-corrected chi connectivity index (χ0v) is 18.1. The van der Waals surface area contributed by atoms with Crippen LogP contribution in [0.4, 0.5) is 13.2 Å². The second-order valence-corrected chi connectivity index (χ2v) is 8.68. The standard InChI is InChI=1S/C23H25ClF3N3O/c1-15-20(24)19(16-5-4-6-17(13-16)23(25,26)27)14-28-21(15)22(31)30-11-7-18(8-12-30)29-9-2-3-10-29/h4-6,13-14,18H,2-3,7-12H2,1H3. The minimum atomic E-state index is -4.44. The lowest BCUT2D eigenvalue weighted by atomic mass is 10.0. The molecule has 3 heterocycles. The molecule has 2 aliphatic heterocycles. The number of aromatic nitrogens is 1. The molecule has 166 valence electrons. The van der Waals surface area contributed by atoms with Gasteiger partial charge in [0.05, 0.1) is 10.6 Å². The number of rotatable bonds is 3. The van der Waals surface area contributed by atoms with Gasteiger partial charge in [0.1, 0.15) is 5.69 Å². The minimum Gasteiger partial charge on any atom is -0.337 e. The SMILES string of the molecule is Cc1c(C(=O)N2CCC(N3CCCC3)CC2)ncc(-c2cccc(C(F)(F)F)c2)c1Cl. The van der Waals surface area contributed by atoms with Crippen LogP contribution in [-0.2, 0) is 6.18 Å². The number of hydrogen-bond donors (Lipinski definition) is 0. The highest BCUT2D eigenvalue weighted by molar-refractivity contribution is 6.34. The number of alkyl halides is 3. The van der Waals surface area contributed by atoms with Crippen molar-refractivity contribution in [2.45, 2.75) is 44.8 Å². The van der Waals surface area contributed by atoms with E-state index in [-0.39, 0.29) is 16.6 Å². The van der Waals surface area contributed by atoms with Crippen molar-refractivity contribution >= 4 is 17.5 Å². The lowest BCUT2D eigenvalue weighted by molar-refractivity contribution is -0.137. The third kappa shape index (κ3) is 4.58. The van der Waals surface area contributed by atoms with Crippen molar-refractivity contribution in [1.82, 2.24) is 14.8 Å². The Morgan fingerprint density at radius 3 is 2.45 bits per heavy atom. The van der Waals surface area contributed by atoms with Crippen molar-refractivity contribution in [2.24, 2.45) is 0 Å². The van der Waals surface area contributed by atoms with Crippen molar-refractivity contribution < 1.29 is 18.0 Å². The normalized spacial score (nSPS) is 18.5. The van der Waals surface area contributed by atoms with E-state index in [9.17, 15) is 18.0 Å². The van der Waals surface area contributed by atoms with E-state index in [0.717, 1.165) is 38.1 Å². The molecule has 0 unspecified atom stereocenters. The molecule has 2 aromatic rings. The zero-order chi connectivity index (χ0) is 22.2. The van der Waals surface area contributed by atoms with E-state index in [4.69, 9.17) is 11.6 Å². The Bertz CT molecular complexity index is 965. The van der Waals surface area contributed by atoms with Gasteiger partial charge in [-0.1, -0.05) is 23.7 Å². The van der Waals surface area contributed by atoms with Crippen LogP contribution < -0.4 is 0 Å². The van der Waals surface area contributed by atoms with Gasteiger partial charge in [-0.05, 0) is 69.0 Å². The average molecular weight is 452 g/mol. The second kappa shape index (κ2) is 8.79. The number of halogens is 4. The summed E-state index contributed by atoms with van der Waals surface area (Å²) in [4.78, 5) is 21.7. The Morgan fingerprint density at radius 1 is 1.13 bits per heavy atom. The Kier molecular flexibility index (Phi) is 6.26. The molecule has 0 spiro atoms. The number of benzene rings is 1. The van der Waals surface area contributed by atoms with Gasteiger partial charge in [0.25, 0.3) is 5.91 Å². The van der Waals surface area contributed by atoms with Gasteiger partial charge >= 0.3 is 6.18 Å². The van der Waals surface area contributed by atoms with Crippen LogP contribution in [0.15, 0.2) is 30.5 Å². The second-order valence-electron chi connectivity index (χ2n) is 8.30. The first-order valence-electron chi connectivity index (χ1n) is 10.6. The van der Waals surface area contributed by atoms with Crippen molar-refractivity contribution in [3.05, 3.63) is 52.3 Å². The van der Waals surface area contributed by atoms with Gasteiger partial charge in [0.15, 0.2) is 0 Å². The van der Waals surface area contributed by atoms with Crippen molar-refractivity contribution in [3.63, 3.8) is 0 Å². The number of amides is 1. The quantitative estimate of drug-likeness (QED) is 0.624. The largest absolute Gasteiger partial charge is 0.416 e. The topological polar surface area (TPSA) is 36.4 Å². The lowest BCUT2D eigenvalue weighted by Crippen LogP contribution is -2.46. The molecular weight excluding hydrogens is 427 g/mol. The first-order valence-corrected chi connectivity index (χ1v) is 11.0. The number of carbonyl (C=O) groups is 1. The van der Waals surface area contributed by atoms with Crippen molar-refractivity contribution in [3.8, 4) is 11.1 Å². The first-order chi connectivity index (χ1) is 14.8. The molecule has 1 aromatic heterocycles. The average Bonchev–Trinajstić information content (AvgIpc) is 3.30. The molecule has 4 nitrogen and oxygen atoms in total. The van der Waals surface area contributed by atoms with E-state index in [2.05, 4.69) is 9.88 Å². The molecule has 0 aliphatic carbocycles. The van der Waals surface area contributed by atoms with Gasteiger partial charge in [-0.15, -0.1) is 0 Å². The predicted octanol–water partition coefficient (Wildman–Crippen LogP) is 5.43. The van der Waals surface area contributed by atoms with E-state index in [1.807, 2.05) is 4.90 Å². The number of pyridine rings is 1. The molecule has 8 heteroatoms. The van der Waals surface area contributed by atoms with Crippen LogP contribution in [0.3, 0.4) is 0 Å². The van der Waals surface area contributed by atoms with E-state index >= 15 is 0 Å². The molecule has 31 heavy (non-hydrogen) atoms. The molecule has 2 saturated heterocycles.